The number of aryl methyl sites for hydroxylation is 2. The van der Waals surface area contributed by atoms with E-state index in [1.54, 1.807) is 11.1 Å². The lowest BCUT2D eigenvalue weighted by Gasteiger charge is -2.36. The first-order valence-electron chi connectivity index (χ1n) is 5.51. The molecule has 5 heteroatoms. The third kappa shape index (κ3) is 3.41. The van der Waals surface area contributed by atoms with Crippen molar-refractivity contribution in [1.29, 1.82) is 0 Å². The highest BCUT2D eigenvalue weighted by Crippen LogP contribution is 2.23. The maximum absolute atomic E-state index is 10.9. The van der Waals surface area contributed by atoms with E-state index in [0.29, 0.717) is 5.82 Å². The summed E-state index contributed by atoms with van der Waals surface area (Å²) < 4.78 is 0. The molecule has 0 spiro atoms. The van der Waals surface area contributed by atoms with E-state index in [0.717, 1.165) is 11.4 Å². The van der Waals surface area contributed by atoms with Crippen LogP contribution in [-0.4, -0.2) is 33.1 Å². The number of aliphatic carboxylic acids is 1. The summed E-state index contributed by atoms with van der Waals surface area (Å²) in [4.78, 5) is 21.3. The summed E-state index contributed by atoms with van der Waals surface area (Å²) in [6, 6.07) is 0. The number of hydrogen-bond donors (Lipinski definition) is 1. The molecule has 0 atom stereocenters. The van der Waals surface area contributed by atoms with Gasteiger partial charge in [-0.25, -0.2) is 4.98 Å². The maximum atomic E-state index is 10.9. The van der Waals surface area contributed by atoms with E-state index in [-0.39, 0.29) is 12.1 Å². The number of aromatic nitrogens is 2. The number of carbonyl (C=O) groups is 1. The zero-order chi connectivity index (χ0) is 13.2. The monoisotopic (exact) mass is 237 g/mol. The summed E-state index contributed by atoms with van der Waals surface area (Å²) in [5.41, 5.74) is 1.21. The first-order chi connectivity index (χ1) is 7.71. The van der Waals surface area contributed by atoms with Gasteiger partial charge < -0.3 is 10.0 Å². The van der Waals surface area contributed by atoms with Crippen molar-refractivity contribution in [2.45, 2.75) is 40.2 Å². The largest absolute Gasteiger partial charge is 0.480 e. The number of nitrogens with zero attached hydrogens (tertiary/aromatic N) is 3. The van der Waals surface area contributed by atoms with Crippen molar-refractivity contribution in [3.63, 3.8) is 0 Å². The van der Waals surface area contributed by atoms with Crippen LogP contribution in [0.1, 0.15) is 32.2 Å². The van der Waals surface area contributed by atoms with E-state index in [9.17, 15) is 4.79 Å². The summed E-state index contributed by atoms with van der Waals surface area (Å²) in [5, 5.41) is 8.98. The molecule has 1 rings (SSSR count). The second kappa shape index (κ2) is 4.69. The third-order valence-corrected chi connectivity index (χ3v) is 2.41. The van der Waals surface area contributed by atoms with Gasteiger partial charge in [0.25, 0.3) is 0 Å². The molecule has 1 aromatic rings. The van der Waals surface area contributed by atoms with E-state index in [1.165, 1.54) is 0 Å². The summed E-state index contributed by atoms with van der Waals surface area (Å²) >= 11 is 0. The van der Waals surface area contributed by atoms with Crippen LogP contribution in [-0.2, 0) is 4.79 Å². The van der Waals surface area contributed by atoms with Gasteiger partial charge in [0, 0.05) is 11.7 Å². The Kier molecular flexibility index (Phi) is 3.70. The van der Waals surface area contributed by atoms with Crippen LogP contribution >= 0.6 is 0 Å². The number of rotatable bonds is 3. The molecule has 0 unspecified atom stereocenters. The summed E-state index contributed by atoms with van der Waals surface area (Å²) in [6.07, 6.45) is 1.68. The van der Waals surface area contributed by atoms with Crippen molar-refractivity contribution < 1.29 is 9.90 Å². The molecule has 0 bridgehead atoms. The van der Waals surface area contributed by atoms with Crippen LogP contribution < -0.4 is 4.90 Å². The molecule has 5 nitrogen and oxygen atoms in total. The lowest BCUT2D eigenvalue weighted by molar-refractivity contribution is -0.135. The Morgan fingerprint density at radius 3 is 2.47 bits per heavy atom. The van der Waals surface area contributed by atoms with E-state index in [4.69, 9.17) is 5.11 Å². The van der Waals surface area contributed by atoms with E-state index in [2.05, 4.69) is 9.97 Å². The van der Waals surface area contributed by atoms with Gasteiger partial charge in [-0.3, -0.25) is 9.78 Å². The van der Waals surface area contributed by atoms with E-state index < -0.39 is 5.97 Å². The van der Waals surface area contributed by atoms with Gasteiger partial charge in [-0.1, -0.05) is 0 Å². The van der Waals surface area contributed by atoms with E-state index in [1.807, 2.05) is 34.6 Å². The quantitative estimate of drug-likeness (QED) is 0.868. The molecule has 0 radical (unpaired) electrons. The molecule has 94 valence electrons. The average molecular weight is 237 g/mol. The van der Waals surface area contributed by atoms with Crippen molar-refractivity contribution in [3.8, 4) is 0 Å². The molecule has 0 saturated heterocycles. The highest BCUT2D eigenvalue weighted by molar-refractivity contribution is 5.74. The number of carboxylic acids is 1. The predicted molar refractivity (Wildman–Crippen MR) is 66.2 cm³/mol. The van der Waals surface area contributed by atoms with Crippen molar-refractivity contribution in [3.05, 3.63) is 17.6 Å². The Hall–Kier alpha value is -1.65. The minimum atomic E-state index is -0.873. The van der Waals surface area contributed by atoms with Gasteiger partial charge in [0.05, 0.1) is 11.4 Å². The summed E-state index contributed by atoms with van der Waals surface area (Å²) in [6.45, 7) is 9.47. The molecule has 0 aliphatic carbocycles. The Balaban J connectivity index is 3.21. The molecule has 0 aliphatic heterocycles. The smallest absolute Gasteiger partial charge is 0.323 e. The molecule has 0 aromatic carbocycles. The molecule has 1 heterocycles. The minimum absolute atomic E-state index is 0.0809. The normalized spacial score (nSPS) is 11.4. The van der Waals surface area contributed by atoms with Crippen LogP contribution in [0.3, 0.4) is 0 Å². The lowest BCUT2D eigenvalue weighted by atomic mass is 10.1. The molecule has 0 fully saturated rings. The highest BCUT2D eigenvalue weighted by Gasteiger charge is 2.26. The molecule has 0 saturated carbocycles. The molecule has 1 aromatic heterocycles. The van der Waals surface area contributed by atoms with Gasteiger partial charge in [0.2, 0.25) is 0 Å². The highest BCUT2D eigenvalue weighted by atomic mass is 16.4. The van der Waals surface area contributed by atoms with Gasteiger partial charge in [-0.05, 0) is 34.6 Å². The molecule has 1 N–H and O–H groups in total. The second-order valence-corrected chi connectivity index (χ2v) is 5.07. The molecular formula is C12H19N3O2. The van der Waals surface area contributed by atoms with Crippen LogP contribution in [0, 0.1) is 13.8 Å². The van der Waals surface area contributed by atoms with Crippen LogP contribution in [0.15, 0.2) is 6.20 Å². The molecular weight excluding hydrogens is 218 g/mol. The minimum Gasteiger partial charge on any atom is -0.480 e. The van der Waals surface area contributed by atoms with E-state index >= 15 is 0 Å². The van der Waals surface area contributed by atoms with Gasteiger partial charge >= 0.3 is 5.97 Å². The van der Waals surface area contributed by atoms with Gasteiger partial charge in [-0.2, -0.15) is 0 Å². The standard InChI is InChI=1S/C12H19N3O2/c1-8-6-13-9(2)11(14-8)15(7-10(16)17)12(3,4)5/h6H,7H2,1-5H3,(H,16,17). The SMILES string of the molecule is Cc1cnc(C)c(N(CC(=O)O)C(C)(C)C)n1. The molecule has 0 aliphatic rings. The Morgan fingerprint density at radius 1 is 1.41 bits per heavy atom. The fraction of sp³-hybridized carbons (Fsp3) is 0.583. The molecule has 17 heavy (non-hydrogen) atoms. The molecule has 0 amide bonds. The Morgan fingerprint density at radius 2 is 2.00 bits per heavy atom. The Labute approximate surface area is 102 Å². The first-order valence-corrected chi connectivity index (χ1v) is 5.51. The van der Waals surface area contributed by atoms with Crippen LogP contribution in [0.25, 0.3) is 0 Å². The van der Waals surface area contributed by atoms with Gasteiger partial charge in [-0.15, -0.1) is 0 Å². The van der Waals surface area contributed by atoms with Gasteiger partial charge in [0.15, 0.2) is 5.82 Å². The third-order valence-electron chi connectivity index (χ3n) is 2.41. The van der Waals surface area contributed by atoms with Crippen molar-refractivity contribution in [1.82, 2.24) is 9.97 Å². The zero-order valence-corrected chi connectivity index (χ0v) is 11.0. The van der Waals surface area contributed by atoms with Crippen molar-refractivity contribution >= 4 is 11.8 Å². The topological polar surface area (TPSA) is 66.3 Å². The summed E-state index contributed by atoms with van der Waals surface area (Å²) in [5.74, 6) is -0.234. The number of hydrogen-bond acceptors (Lipinski definition) is 4. The second-order valence-electron chi connectivity index (χ2n) is 5.07. The zero-order valence-electron chi connectivity index (χ0n) is 11.0. The fourth-order valence-electron chi connectivity index (χ4n) is 1.55. The fourth-order valence-corrected chi connectivity index (χ4v) is 1.55. The van der Waals surface area contributed by atoms with Crippen LogP contribution in [0.2, 0.25) is 0 Å². The van der Waals surface area contributed by atoms with Crippen LogP contribution in [0.4, 0.5) is 5.82 Å². The average Bonchev–Trinajstić information content (AvgIpc) is 2.16. The van der Waals surface area contributed by atoms with Crippen molar-refractivity contribution in [2.24, 2.45) is 0 Å². The lowest BCUT2D eigenvalue weighted by Crippen LogP contribution is -2.45. The maximum Gasteiger partial charge on any atom is 0.323 e. The predicted octanol–water partition coefficient (Wildman–Crippen LogP) is 1.78. The first kappa shape index (κ1) is 13.4. The number of anilines is 1. The Bertz CT molecular complexity index is 424. The van der Waals surface area contributed by atoms with Gasteiger partial charge in [0.1, 0.15) is 6.54 Å². The van der Waals surface area contributed by atoms with Crippen LogP contribution in [0.5, 0.6) is 0 Å². The number of carboxylic acid groups (broad SMARTS) is 1. The van der Waals surface area contributed by atoms with Crippen molar-refractivity contribution in [2.75, 3.05) is 11.4 Å². The summed E-state index contributed by atoms with van der Waals surface area (Å²) in [7, 11) is 0.